The Balaban J connectivity index is 2.17. The van der Waals surface area contributed by atoms with Gasteiger partial charge in [0.15, 0.2) is 0 Å². The van der Waals surface area contributed by atoms with Gasteiger partial charge in [0.2, 0.25) is 5.91 Å². The molecule has 0 saturated carbocycles. The minimum absolute atomic E-state index is 0.185. The van der Waals surface area contributed by atoms with Crippen LogP contribution in [0, 0.1) is 0 Å². The highest BCUT2D eigenvalue weighted by atomic mass is 16.2. The smallest absolute Gasteiger partial charge is 0.322 e. The van der Waals surface area contributed by atoms with Gasteiger partial charge in [-0.1, -0.05) is 0 Å². The minimum atomic E-state index is -0.976. The van der Waals surface area contributed by atoms with Gasteiger partial charge in [-0.2, -0.15) is 0 Å². The molecule has 0 aliphatic carbocycles. The van der Waals surface area contributed by atoms with Crippen LogP contribution in [0.4, 0.5) is 4.79 Å². The summed E-state index contributed by atoms with van der Waals surface area (Å²) in [6.45, 7) is 4.00. The van der Waals surface area contributed by atoms with Crippen molar-refractivity contribution < 1.29 is 14.4 Å². The Bertz CT molecular complexity index is 415. The largest absolute Gasteiger partial charge is 0.338 e. The Morgan fingerprint density at radius 1 is 1.44 bits per heavy atom. The molecule has 4 N–H and O–H groups in total. The lowest BCUT2D eigenvalue weighted by atomic mass is 9.88. The molecule has 2 heterocycles. The first kappa shape index (κ1) is 12.8. The molecule has 0 aromatic carbocycles. The predicted octanol–water partition coefficient (Wildman–Crippen LogP) is -1.08. The lowest BCUT2D eigenvalue weighted by Crippen LogP contribution is -2.63. The van der Waals surface area contributed by atoms with E-state index in [0.29, 0.717) is 19.4 Å². The number of carbonyl (C=O) groups is 3. The van der Waals surface area contributed by atoms with Crippen molar-refractivity contribution in [3.8, 4) is 0 Å². The summed E-state index contributed by atoms with van der Waals surface area (Å²) < 4.78 is 0. The molecule has 1 spiro atoms. The van der Waals surface area contributed by atoms with E-state index < -0.39 is 17.1 Å². The average Bonchev–Trinajstić information content (AvgIpc) is 2.51. The van der Waals surface area contributed by atoms with Crippen molar-refractivity contribution in [2.75, 3.05) is 13.1 Å². The van der Waals surface area contributed by atoms with E-state index in [1.165, 1.54) is 0 Å². The van der Waals surface area contributed by atoms with Crippen molar-refractivity contribution in [2.24, 2.45) is 5.73 Å². The van der Waals surface area contributed by atoms with Crippen molar-refractivity contribution in [3.63, 3.8) is 0 Å². The molecular formula is C11H18N4O3. The van der Waals surface area contributed by atoms with E-state index in [4.69, 9.17) is 5.73 Å². The summed E-state index contributed by atoms with van der Waals surface area (Å²) in [5.74, 6) is -0.574. The number of amides is 4. The van der Waals surface area contributed by atoms with Gasteiger partial charge in [-0.15, -0.1) is 0 Å². The molecule has 0 radical (unpaired) electrons. The summed E-state index contributed by atoms with van der Waals surface area (Å²) in [5, 5.41) is 4.84. The predicted molar refractivity (Wildman–Crippen MR) is 63.5 cm³/mol. The molecule has 1 unspecified atom stereocenters. The number of carbonyl (C=O) groups excluding carboxylic acids is 3. The van der Waals surface area contributed by atoms with E-state index in [0.717, 1.165) is 0 Å². The summed E-state index contributed by atoms with van der Waals surface area (Å²) in [6, 6.07) is -0.499. The van der Waals surface area contributed by atoms with Crippen LogP contribution in [0.1, 0.15) is 26.7 Å². The summed E-state index contributed by atoms with van der Waals surface area (Å²) in [6.07, 6.45) is 1.20. The molecular weight excluding hydrogens is 236 g/mol. The Morgan fingerprint density at radius 3 is 2.61 bits per heavy atom. The van der Waals surface area contributed by atoms with Crippen molar-refractivity contribution in [1.82, 2.24) is 15.5 Å². The molecule has 2 rings (SSSR count). The number of piperidine rings is 1. The van der Waals surface area contributed by atoms with E-state index in [1.54, 1.807) is 18.7 Å². The molecule has 7 nitrogen and oxygen atoms in total. The maximum absolute atomic E-state index is 12.1. The molecule has 0 aromatic rings. The van der Waals surface area contributed by atoms with Gasteiger partial charge in [-0.25, -0.2) is 4.79 Å². The van der Waals surface area contributed by atoms with E-state index in [-0.39, 0.29) is 18.4 Å². The van der Waals surface area contributed by atoms with Crippen molar-refractivity contribution in [2.45, 2.75) is 37.8 Å². The fraction of sp³-hybridized carbons (Fsp3) is 0.727. The number of hydrogen-bond acceptors (Lipinski definition) is 4. The lowest BCUT2D eigenvalue weighted by molar-refractivity contribution is -0.140. The SMILES string of the molecule is CC(C)(N)C(=O)N1CCCC2(C1)NC(=O)NC2=O. The topological polar surface area (TPSA) is 105 Å². The monoisotopic (exact) mass is 254 g/mol. The first-order chi connectivity index (χ1) is 8.24. The highest BCUT2D eigenvalue weighted by Gasteiger charge is 2.50. The summed E-state index contributed by atoms with van der Waals surface area (Å²) in [7, 11) is 0. The van der Waals surface area contributed by atoms with E-state index in [1.807, 2.05) is 0 Å². The number of nitrogens with two attached hydrogens (primary N) is 1. The number of nitrogens with one attached hydrogen (secondary N) is 2. The number of nitrogens with zero attached hydrogens (tertiary/aromatic N) is 1. The van der Waals surface area contributed by atoms with Gasteiger partial charge in [0.05, 0.1) is 12.1 Å². The third-order valence-corrected chi connectivity index (χ3v) is 3.35. The number of hydrogen-bond donors (Lipinski definition) is 3. The summed E-state index contributed by atoms with van der Waals surface area (Å²) in [5.41, 5.74) is 3.83. The summed E-state index contributed by atoms with van der Waals surface area (Å²) >= 11 is 0. The quantitative estimate of drug-likeness (QED) is 0.518. The fourth-order valence-electron chi connectivity index (χ4n) is 2.45. The van der Waals surface area contributed by atoms with Crippen LogP contribution in [-0.2, 0) is 9.59 Å². The average molecular weight is 254 g/mol. The molecule has 18 heavy (non-hydrogen) atoms. The maximum atomic E-state index is 12.1. The number of imide groups is 1. The van der Waals surface area contributed by atoms with Gasteiger partial charge >= 0.3 is 6.03 Å². The fourth-order valence-corrected chi connectivity index (χ4v) is 2.45. The van der Waals surface area contributed by atoms with E-state index in [9.17, 15) is 14.4 Å². The molecule has 2 saturated heterocycles. The van der Waals surface area contributed by atoms with Crippen LogP contribution in [-0.4, -0.2) is 46.9 Å². The molecule has 0 aromatic heterocycles. The molecule has 100 valence electrons. The third kappa shape index (κ3) is 2.05. The Morgan fingerprint density at radius 2 is 2.11 bits per heavy atom. The van der Waals surface area contributed by atoms with Crippen LogP contribution < -0.4 is 16.4 Å². The Kier molecular flexibility index (Phi) is 2.81. The van der Waals surface area contributed by atoms with Crippen molar-refractivity contribution in [3.05, 3.63) is 0 Å². The highest BCUT2D eigenvalue weighted by molar-refractivity contribution is 6.07. The second kappa shape index (κ2) is 3.94. The second-order valence-corrected chi connectivity index (χ2v) is 5.54. The highest BCUT2D eigenvalue weighted by Crippen LogP contribution is 2.25. The van der Waals surface area contributed by atoms with Crippen LogP contribution in [0.25, 0.3) is 0 Å². The maximum Gasteiger partial charge on any atom is 0.322 e. The van der Waals surface area contributed by atoms with Crippen LogP contribution in [0.15, 0.2) is 0 Å². The zero-order valence-electron chi connectivity index (χ0n) is 10.6. The number of rotatable bonds is 1. The van der Waals surface area contributed by atoms with Gasteiger partial charge in [-0.3, -0.25) is 14.9 Å². The van der Waals surface area contributed by atoms with Gasteiger partial charge in [0.25, 0.3) is 5.91 Å². The molecule has 4 amide bonds. The molecule has 0 bridgehead atoms. The first-order valence-electron chi connectivity index (χ1n) is 5.96. The molecule has 1 atom stereocenters. The zero-order chi connectivity index (χ0) is 13.6. The third-order valence-electron chi connectivity index (χ3n) is 3.35. The molecule has 7 heteroatoms. The number of urea groups is 1. The van der Waals surface area contributed by atoms with Gasteiger partial charge < -0.3 is 16.0 Å². The standard InChI is InChI=1S/C11H18N4O3/c1-10(2,12)8(17)15-5-3-4-11(6-15)7(16)13-9(18)14-11/h3-6,12H2,1-2H3,(H2,13,14,16,18). The second-order valence-electron chi connectivity index (χ2n) is 5.54. The van der Waals surface area contributed by atoms with Crippen LogP contribution in [0.5, 0.6) is 0 Å². The molecule has 2 aliphatic rings. The van der Waals surface area contributed by atoms with E-state index in [2.05, 4.69) is 10.6 Å². The first-order valence-corrected chi connectivity index (χ1v) is 5.96. The lowest BCUT2D eigenvalue weighted by Gasteiger charge is -2.40. The Hall–Kier alpha value is -1.63. The minimum Gasteiger partial charge on any atom is -0.338 e. The van der Waals surface area contributed by atoms with Crippen molar-refractivity contribution in [1.29, 1.82) is 0 Å². The molecule has 2 aliphatic heterocycles. The molecule has 2 fully saturated rings. The summed E-state index contributed by atoms with van der Waals surface area (Å²) in [4.78, 5) is 36.7. The number of likely N-dealkylation sites (tertiary alicyclic amines) is 1. The Labute approximate surface area is 105 Å². The normalized spacial score (nSPS) is 28.3. The van der Waals surface area contributed by atoms with Crippen molar-refractivity contribution >= 4 is 17.8 Å². The van der Waals surface area contributed by atoms with E-state index >= 15 is 0 Å². The van der Waals surface area contributed by atoms with Gasteiger partial charge in [0, 0.05) is 6.54 Å². The van der Waals surface area contributed by atoms with Crippen LogP contribution in [0.2, 0.25) is 0 Å². The van der Waals surface area contributed by atoms with Crippen LogP contribution in [0.3, 0.4) is 0 Å². The zero-order valence-corrected chi connectivity index (χ0v) is 10.6. The van der Waals surface area contributed by atoms with Gasteiger partial charge in [0.1, 0.15) is 5.54 Å². The van der Waals surface area contributed by atoms with Gasteiger partial charge in [-0.05, 0) is 26.7 Å². The van der Waals surface area contributed by atoms with Crippen LogP contribution >= 0.6 is 0 Å².